The monoisotopic (exact) mass is 467 g/mol. The Morgan fingerprint density at radius 2 is 1.97 bits per heavy atom. The molecule has 3 N–H and O–H groups in total. The standard InChI is InChI=1S/C24H29N5O3S/c1-23(2,3)32-22(31)28-11-10-24(14-28)12-15(13-24)29-17-7-5-4-6-16(17)26-21(29)27-20(30)18-8-9-19(25)33-18/h4-9,15H,10-14,25H2,1-3H3,(H,26,27,30). The van der Waals surface area contributed by atoms with Gasteiger partial charge in [0.05, 0.1) is 20.9 Å². The van der Waals surface area contributed by atoms with E-state index in [0.717, 1.165) is 36.8 Å². The number of anilines is 2. The number of fused-ring (bicyclic) bond motifs is 1. The predicted molar refractivity (Wildman–Crippen MR) is 130 cm³/mol. The van der Waals surface area contributed by atoms with Crippen molar-refractivity contribution in [3.63, 3.8) is 0 Å². The highest BCUT2D eigenvalue weighted by Gasteiger charge is 2.51. The summed E-state index contributed by atoms with van der Waals surface area (Å²) in [7, 11) is 0. The lowest BCUT2D eigenvalue weighted by atomic mass is 9.65. The second kappa shape index (κ2) is 7.76. The van der Waals surface area contributed by atoms with E-state index in [4.69, 9.17) is 15.5 Å². The SMILES string of the molecule is CC(C)(C)OC(=O)N1CCC2(CC(n3c(NC(=O)c4ccc(N)s4)nc4ccccc43)C2)C1. The molecule has 3 heterocycles. The van der Waals surface area contributed by atoms with Crippen molar-refractivity contribution in [2.45, 2.75) is 51.7 Å². The topological polar surface area (TPSA) is 102 Å². The van der Waals surface area contributed by atoms with Crippen molar-refractivity contribution in [3.8, 4) is 0 Å². The van der Waals surface area contributed by atoms with Gasteiger partial charge >= 0.3 is 6.09 Å². The number of ether oxygens (including phenoxy) is 1. The van der Waals surface area contributed by atoms with Gasteiger partial charge in [0.1, 0.15) is 5.60 Å². The van der Waals surface area contributed by atoms with Gasteiger partial charge in [-0.2, -0.15) is 0 Å². The lowest BCUT2D eigenvalue weighted by molar-refractivity contribution is 0.0199. The number of likely N-dealkylation sites (tertiary alicyclic amines) is 1. The van der Waals surface area contributed by atoms with Crippen LogP contribution in [-0.4, -0.2) is 45.1 Å². The van der Waals surface area contributed by atoms with E-state index in [1.54, 1.807) is 12.1 Å². The highest BCUT2D eigenvalue weighted by atomic mass is 32.1. The van der Waals surface area contributed by atoms with Crippen molar-refractivity contribution >= 4 is 45.3 Å². The first-order valence-corrected chi connectivity index (χ1v) is 12.1. The summed E-state index contributed by atoms with van der Waals surface area (Å²) in [6.45, 7) is 7.10. The van der Waals surface area contributed by atoms with E-state index >= 15 is 0 Å². The lowest BCUT2D eigenvalue weighted by Gasteiger charge is -2.46. The van der Waals surface area contributed by atoms with Crippen LogP contribution in [-0.2, 0) is 4.74 Å². The molecule has 0 bridgehead atoms. The van der Waals surface area contributed by atoms with Gasteiger partial charge in [0.25, 0.3) is 5.91 Å². The van der Waals surface area contributed by atoms with Crippen molar-refractivity contribution in [1.29, 1.82) is 0 Å². The van der Waals surface area contributed by atoms with Crippen LogP contribution in [0.1, 0.15) is 55.7 Å². The minimum absolute atomic E-state index is 0.0937. The molecule has 2 amide bonds. The molecule has 8 nitrogen and oxygen atoms in total. The molecule has 174 valence electrons. The summed E-state index contributed by atoms with van der Waals surface area (Å²) in [5, 5.41) is 3.60. The highest BCUT2D eigenvalue weighted by Crippen LogP contribution is 2.55. The van der Waals surface area contributed by atoms with E-state index in [9.17, 15) is 9.59 Å². The number of hydrogen-bond acceptors (Lipinski definition) is 6. The van der Waals surface area contributed by atoms with Crippen LogP contribution in [0.2, 0.25) is 0 Å². The van der Waals surface area contributed by atoms with Crippen LogP contribution in [0.5, 0.6) is 0 Å². The van der Waals surface area contributed by atoms with E-state index in [2.05, 4.69) is 9.88 Å². The summed E-state index contributed by atoms with van der Waals surface area (Å²) in [5.74, 6) is 0.342. The molecule has 1 spiro atoms. The van der Waals surface area contributed by atoms with Crippen molar-refractivity contribution in [2.75, 3.05) is 24.1 Å². The Labute approximate surface area is 196 Å². The molecule has 33 heavy (non-hydrogen) atoms. The number of benzene rings is 1. The maximum absolute atomic E-state index is 12.8. The zero-order valence-corrected chi connectivity index (χ0v) is 19.9. The first-order valence-electron chi connectivity index (χ1n) is 11.2. The Morgan fingerprint density at radius 1 is 1.21 bits per heavy atom. The number of carbonyl (C=O) groups is 2. The number of hydrogen-bond donors (Lipinski definition) is 2. The Bertz CT molecular complexity index is 1220. The Balaban J connectivity index is 1.34. The van der Waals surface area contributed by atoms with Crippen LogP contribution in [0.3, 0.4) is 0 Å². The van der Waals surface area contributed by atoms with Crippen LogP contribution < -0.4 is 11.1 Å². The molecule has 1 aliphatic heterocycles. The number of nitrogens with two attached hydrogens (primary N) is 1. The summed E-state index contributed by atoms with van der Waals surface area (Å²) in [6.07, 6.45) is 2.59. The maximum atomic E-state index is 12.8. The maximum Gasteiger partial charge on any atom is 0.410 e. The van der Waals surface area contributed by atoms with Gasteiger partial charge in [-0.25, -0.2) is 9.78 Å². The smallest absolute Gasteiger partial charge is 0.410 e. The van der Waals surface area contributed by atoms with Crippen molar-refractivity contribution in [2.24, 2.45) is 5.41 Å². The average Bonchev–Trinajstić information content (AvgIpc) is 3.42. The third kappa shape index (κ3) is 4.17. The number of aromatic nitrogens is 2. The van der Waals surface area contributed by atoms with Crippen molar-refractivity contribution in [1.82, 2.24) is 14.5 Å². The molecule has 3 aromatic rings. The van der Waals surface area contributed by atoms with Gasteiger partial charge < -0.3 is 19.9 Å². The fourth-order valence-electron chi connectivity index (χ4n) is 5.01. The highest BCUT2D eigenvalue weighted by molar-refractivity contribution is 7.17. The Morgan fingerprint density at radius 3 is 2.67 bits per heavy atom. The third-order valence-corrected chi connectivity index (χ3v) is 7.38. The van der Waals surface area contributed by atoms with Crippen molar-refractivity contribution in [3.05, 3.63) is 41.3 Å². The molecule has 2 fully saturated rings. The summed E-state index contributed by atoms with van der Waals surface area (Å²) >= 11 is 1.26. The molecule has 0 atom stereocenters. The molecular formula is C24H29N5O3S. The Kier molecular flexibility index (Phi) is 5.12. The summed E-state index contributed by atoms with van der Waals surface area (Å²) < 4.78 is 7.71. The minimum atomic E-state index is -0.495. The van der Waals surface area contributed by atoms with E-state index in [1.807, 2.05) is 49.9 Å². The molecule has 0 radical (unpaired) electrons. The van der Waals surface area contributed by atoms with Gasteiger partial charge in [-0.15, -0.1) is 11.3 Å². The molecular weight excluding hydrogens is 438 g/mol. The predicted octanol–water partition coefficient (Wildman–Crippen LogP) is 4.89. The Hall–Kier alpha value is -3.07. The number of rotatable bonds is 3. The zero-order valence-electron chi connectivity index (χ0n) is 19.1. The van der Waals surface area contributed by atoms with Gasteiger partial charge in [0.15, 0.2) is 0 Å². The van der Waals surface area contributed by atoms with Gasteiger partial charge in [-0.3, -0.25) is 10.1 Å². The molecule has 1 aromatic carbocycles. The van der Waals surface area contributed by atoms with E-state index < -0.39 is 5.60 Å². The minimum Gasteiger partial charge on any atom is -0.444 e. The largest absolute Gasteiger partial charge is 0.444 e. The number of amides is 2. The number of nitrogens with one attached hydrogen (secondary N) is 1. The number of nitrogen functional groups attached to an aromatic ring is 1. The first kappa shape index (κ1) is 21.8. The fourth-order valence-corrected chi connectivity index (χ4v) is 5.68. The van der Waals surface area contributed by atoms with Gasteiger partial charge in [0.2, 0.25) is 5.95 Å². The van der Waals surface area contributed by atoms with E-state index in [-0.39, 0.29) is 23.5 Å². The number of carbonyl (C=O) groups excluding carboxylic acids is 2. The second-order valence-electron chi connectivity index (χ2n) is 10.2. The molecule has 5 rings (SSSR count). The third-order valence-electron chi connectivity index (χ3n) is 6.46. The van der Waals surface area contributed by atoms with E-state index in [1.165, 1.54) is 11.3 Å². The van der Waals surface area contributed by atoms with E-state index in [0.29, 0.717) is 22.4 Å². The second-order valence-corrected chi connectivity index (χ2v) is 11.3. The number of para-hydroxylation sites is 2. The molecule has 2 aromatic heterocycles. The zero-order chi connectivity index (χ0) is 23.4. The van der Waals surface area contributed by atoms with Gasteiger partial charge in [0, 0.05) is 19.1 Å². The number of nitrogens with zero attached hydrogens (tertiary/aromatic N) is 3. The van der Waals surface area contributed by atoms with Crippen LogP contribution in [0, 0.1) is 5.41 Å². The summed E-state index contributed by atoms with van der Waals surface area (Å²) in [6, 6.07) is 11.6. The van der Waals surface area contributed by atoms with Gasteiger partial charge in [-0.1, -0.05) is 12.1 Å². The molecule has 1 saturated heterocycles. The fraction of sp³-hybridized carbons (Fsp3) is 0.458. The van der Waals surface area contributed by atoms with Crippen LogP contribution in [0.15, 0.2) is 36.4 Å². The summed E-state index contributed by atoms with van der Waals surface area (Å²) in [5.41, 5.74) is 7.24. The van der Waals surface area contributed by atoms with Crippen LogP contribution in [0.25, 0.3) is 11.0 Å². The molecule has 1 aliphatic carbocycles. The average molecular weight is 468 g/mol. The number of imidazole rings is 1. The number of thiophene rings is 1. The lowest BCUT2D eigenvalue weighted by Crippen LogP contribution is -2.43. The normalized spacial score (nSPS) is 22.5. The van der Waals surface area contributed by atoms with Crippen LogP contribution in [0.4, 0.5) is 15.7 Å². The van der Waals surface area contributed by atoms with Crippen molar-refractivity contribution < 1.29 is 14.3 Å². The molecule has 0 unspecified atom stereocenters. The first-order chi connectivity index (χ1) is 15.6. The quantitative estimate of drug-likeness (QED) is 0.571. The summed E-state index contributed by atoms with van der Waals surface area (Å²) in [4.78, 5) is 32.4. The van der Waals surface area contributed by atoms with Gasteiger partial charge in [-0.05, 0) is 69.7 Å². The van der Waals surface area contributed by atoms with Crippen LogP contribution >= 0.6 is 11.3 Å². The molecule has 9 heteroatoms. The molecule has 2 aliphatic rings. The molecule has 1 saturated carbocycles.